The van der Waals surface area contributed by atoms with Gasteiger partial charge >= 0.3 is 5.97 Å². The normalized spacial score (nSPS) is 10.2. The molecule has 0 spiro atoms. The Morgan fingerprint density at radius 2 is 2.05 bits per heavy atom. The molecule has 0 unspecified atom stereocenters. The molecule has 0 radical (unpaired) electrons. The third kappa shape index (κ3) is 6.94. The lowest BCUT2D eigenvalue weighted by Gasteiger charge is -2.04. The predicted octanol–water partition coefficient (Wildman–Crippen LogP) is 2.77. The number of ether oxygens (including phenoxy) is 2. The number of ketones is 1. The molecule has 0 aliphatic heterocycles. The lowest BCUT2D eigenvalue weighted by molar-refractivity contribution is -0.144. The minimum atomic E-state index is -0.356. The van der Waals surface area contributed by atoms with Crippen molar-refractivity contribution in [1.29, 1.82) is 0 Å². The first-order chi connectivity index (χ1) is 9.11. The molecule has 104 valence electrons. The van der Waals surface area contributed by atoms with E-state index < -0.39 is 0 Å². The lowest BCUT2D eigenvalue weighted by atomic mass is 10.2. The molecule has 0 fully saturated rings. The highest BCUT2D eigenvalue weighted by molar-refractivity contribution is 6.30. The number of halogens is 1. The van der Waals surface area contributed by atoms with Gasteiger partial charge in [0.1, 0.15) is 6.61 Å². The van der Waals surface area contributed by atoms with E-state index in [1.54, 1.807) is 19.1 Å². The van der Waals surface area contributed by atoms with Crippen LogP contribution in [0.15, 0.2) is 24.3 Å². The highest BCUT2D eigenvalue weighted by atomic mass is 35.5. The summed E-state index contributed by atoms with van der Waals surface area (Å²) in [7, 11) is 0. The van der Waals surface area contributed by atoms with Crippen LogP contribution in [0.4, 0.5) is 0 Å². The van der Waals surface area contributed by atoms with Gasteiger partial charge in [-0.3, -0.25) is 9.59 Å². The molecule has 5 heteroatoms. The van der Waals surface area contributed by atoms with E-state index in [-0.39, 0.29) is 31.2 Å². The fourth-order valence-electron chi connectivity index (χ4n) is 1.46. The third-order valence-corrected chi connectivity index (χ3v) is 2.57. The van der Waals surface area contributed by atoms with Crippen LogP contribution in [0.2, 0.25) is 5.02 Å². The van der Waals surface area contributed by atoms with Gasteiger partial charge in [0.05, 0.1) is 19.6 Å². The summed E-state index contributed by atoms with van der Waals surface area (Å²) in [6, 6.07) is 7.25. The summed E-state index contributed by atoms with van der Waals surface area (Å²) in [5.41, 5.74) is 0.908. The maximum absolute atomic E-state index is 11.5. The molecule has 0 saturated carbocycles. The minimum absolute atomic E-state index is 0.00802. The average molecular weight is 285 g/mol. The highest BCUT2D eigenvalue weighted by Gasteiger charge is 2.07. The topological polar surface area (TPSA) is 52.6 Å². The second-order valence-corrected chi connectivity index (χ2v) is 4.40. The Labute approximate surface area is 117 Å². The predicted molar refractivity (Wildman–Crippen MR) is 72.0 cm³/mol. The van der Waals surface area contributed by atoms with Crippen LogP contribution in [-0.4, -0.2) is 25.0 Å². The summed E-state index contributed by atoms with van der Waals surface area (Å²) < 4.78 is 10.0. The summed E-state index contributed by atoms with van der Waals surface area (Å²) in [5, 5.41) is 0.634. The minimum Gasteiger partial charge on any atom is -0.466 e. The van der Waals surface area contributed by atoms with Crippen LogP contribution in [0.25, 0.3) is 0 Å². The second-order valence-electron chi connectivity index (χ2n) is 3.97. The van der Waals surface area contributed by atoms with Crippen molar-refractivity contribution in [2.24, 2.45) is 0 Å². The van der Waals surface area contributed by atoms with Crippen LogP contribution in [-0.2, 0) is 25.7 Å². The second kappa shape index (κ2) is 8.67. The van der Waals surface area contributed by atoms with Crippen LogP contribution in [0.3, 0.4) is 0 Å². The molecule has 0 amide bonds. The zero-order valence-corrected chi connectivity index (χ0v) is 11.6. The van der Waals surface area contributed by atoms with E-state index in [0.29, 0.717) is 18.2 Å². The third-order valence-electron chi connectivity index (χ3n) is 2.33. The largest absolute Gasteiger partial charge is 0.466 e. The van der Waals surface area contributed by atoms with E-state index in [9.17, 15) is 9.59 Å². The first-order valence-electron chi connectivity index (χ1n) is 6.11. The van der Waals surface area contributed by atoms with Crippen LogP contribution in [0.1, 0.15) is 25.3 Å². The molecule has 1 rings (SSSR count). The molecule has 0 atom stereocenters. The molecule has 0 aliphatic rings. The van der Waals surface area contributed by atoms with Crippen LogP contribution < -0.4 is 0 Å². The summed E-state index contributed by atoms with van der Waals surface area (Å²) >= 11 is 5.83. The van der Waals surface area contributed by atoms with Gasteiger partial charge in [-0.05, 0) is 24.6 Å². The molecule has 0 heterocycles. The maximum Gasteiger partial charge on any atom is 0.306 e. The molecule has 19 heavy (non-hydrogen) atoms. The van der Waals surface area contributed by atoms with Crippen molar-refractivity contribution >= 4 is 23.4 Å². The molecular weight excluding hydrogens is 268 g/mol. The zero-order valence-electron chi connectivity index (χ0n) is 10.9. The molecular formula is C14H17ClO4. The van der Waals surface area contributed by atoms with Crippen molar-refractivity contribution < 1.29 is 19.1 Å². The van der Waals surface area contributed by atoms with Crippen molar-refractivity contribution in [3.05, 3.63) is 34.9 Å². The number of benzene rings is 1. The standard InChI is InChI=1S/C14H17ClO4/c1-2-19-14(17)7-6-13(16)10-18-9-11-4-3-5-12(15)8-11/h3-5,8H,2,6-7,9-10H2,1H3. The Morgan fingerprint density at radius 1 is 1.26 bits per heavy atom. The molecule has 0 bridgehead atoms. The monoisotopic (exact) mass is 284 g/mol. The first-order valence-corrected chi connectivity index (χ1v) is 6.49. The number of Topliss-reactive ketones (excluding diaryl/α,β-unsaturated/α-hetero) is 1. The number of carbonyl (C=O) groups is 2. The van der Waals surface area contributed by atoms with Gasteiger partial charge in [0, 0.05) is 11.4 Å². The van der Waals surface area contributed by atoms with E-state index in [4.69, 9.17) is 21.1 Å². The van der Waals surface area contributed by atoms with Gasteiger partial charge in [-0.1, -0.05) is 23.7 Å². The van der Waals surface area contributed by atoms with Crippen molar-refractivity contribution in [2.45, 2.75) is 26.4 Å². The summed E-state index contributed by atoms with van der Waals surface area (Å²) in [6.45, 7) is 2.38. The van der Waals surface area contributed by atoms with Gasteiger partial charge in [0.15, 0.2) is 5.78 Å². The molecule has 0 saturated heterocycles. The maximum atomic E-state index is 11.5. The Morgan fingerprint density at radius 3 is 2.74 bits per heavy atom. The van der Waals surface area contributed by atoms with E-state index in [2.05, 4.69) is 0 Å². The molecule has 1 aromatic carbocycles. The van der Waals surface area contributed by atoms with E-state index >= 15 is 0 Å². The molecule has 1 aromatic rings. The molecule has 4 nitrogen and oxygen atoms in total. The van der Waals surface area contributed by atoms with Crippen molar-refractivity contribution in [3.8, 4) is 0 Å². The fourth-order valence-corrected chi connectivity index (χ4v) is 1.67. The quantitative estimate of drug-likeness (QED) is 0.689. The van der Waals surface area contributed by atoms with Crippen LogP contribution >= 0.6 is 11.6 Å². The highest BCUT2D eigenvalue weighted by Crippen LogP contribution is 2.11. The van der Waals surface area contributed by atoms with Crippen molar-refractivity contribution in [1.82, 2.24) is 0 Å². The van der Waals surface area contributed by atoms with E-state index in [0.717, 1.165) is 5.56 Å². The van der Waals surface area contributed by atoms with Gasteiger partial charge in [0.25, 0.3) is 0 Å². The number of rotatable bonds is 8. The summed E-state index contributed by atoms with van der Waals surface area (Å²) in [5.74, 6) is -0.472. The average Bonchev–Trinajstić information content (AvgIpc) is 2.37. The molecule has 0 aliphatic carbocycles. The number of esters is 1. The SMILES string of the molecule is CCOC(=O)CCC(=O)COCc1cccc(Cl)c1. The fraction of sp³-hybridized carbons (Fsp3) is 0.429. The van der Waals surface area contributed by atoms with Gasteiger partial charge in [-0.15, -0.1) is 0 Å². The molecule has 0 N–H and O–H groups in total. The van der Waals surface area contributed by atoms with Crippen molar-refractivity contribution in [3.63, 3.8) is 0 Å². The van der Waals surface area contributed by atoms with Crippen LogP contribution in [0, 0.1) is 0 Å². The van der Waals surface area contributed by atoms with E-state index in [1.165, 1.54) is 0 Å². The Balaban J connectivity index is 2.18. The number of hydrogen-bond donors (Lipinski definition) is 0. The number of hydrogen-bond acceptors (Lipinski definition) is 4. The smallest absolute Gasteiger partial charge is 0.306 e. The Bertz CT molecular complexity index is 431. The van der Waals surface area contributed by atoms with Gasteiger partial charge in [-0.2, -0.15) is 0 Å². The Kier molecular flexibility index (Phi) is 7.15. The van der Waals surface area contributed by atoms with Gasteiger partial charge < -0.3 is 9.47 Å². The summed E-state index contributed by atoms with van der Waals surface area (Å²) in [6.07, 6.45) is 0.252. The summed E-state index contributed by atoms with van der Waals surface area (Å²) in [4.78, 5) is 22.5. The van der Waals surface area contributed by atoms with Crippen molar-refractivity contribution in [2.75, 3.05) is 13.2 Å². The van der Waals surface area contributed by atoms with Crippen LogP contribution in [0.5, 0.6) is 0 Å². The first kappa shape index (κ1) is 15.7. The Hall–Kier alpha value is -1.39. The van der Waals surface area contributed by atoms with Gasteiger partial charge in [0.2, 0.25) is 0 Å². The number of carbonyl (C=O) groups excluding carboxylic acids is 2. The lowest BCUT2D eigenvalue weighted by Crippen LogP contribution is -2.12. The van der Waals surface area contributed by atoms with Gasteiger partial charge in [-0.25, -0.2) is 0 Å². The molecule has 0 aromatic heterocycles. The zero-order chi connectivity index (χ0) is 14.1. The van der Waals surface area contributed by atoms with E-state index in [1.807, 2.05) is 12.1 Å².